The Kier molecular flexibility index (Phi) is 3.97. The van der Waals surface area contributed by atoms with Crippen LogP contribution in [0.25, 0.3) is 0 Å². The van der Waals surface area contributed by atoms with Gasteiger partial charge in [0.2, 0.25) is 0 Å². The van der Waals surface area contributed by atoms with Crippen molar-refractivity contribution in [3.63, 3.8) is 0 Å². The number of hydrogen-bond donors (Lipinski definition) is 1. The number of nitrogens with one attached hydrogen (secondary N) is 1. The molecule has 16 heavy (non-hydrogen) atoms. The molecule has 0 aliphatic rings. The number of rotatable bonds is 4. The van der Waals surface area contributed by atoms with Crippen molar-refractivity contribution in [2.24, 2.45) is 0 Å². The van der Waals surface area contributed by atoms with Crippen LogP contribution >= 0.6 is 34.3 Å². The van der Waals surface area contributed by atoms with Gasteiger partial charge in [0.1, 0.15) is 0 Å². The predicted octanol–water partition coefficient (Wildman–Crippen LogP) is 4.02. The Hall–Kier alpha value is -0.420. The molecule has 2 aromatic heterocycles. The Balaban J connectivity index is 1.91. The van der Waals surface area contributed by atoms with Crippen LogP contribution in [-0.4, -0.2) is 4.98 Å². The van der Waals surface area contributed by atoms with Crippen molar-refractivity contribution < 1.29 is 0 Å². The summed E-state index contributed by atoms with van der Waals surface area (Å²) in [5, 5.41) is 6.65. The Morgan fingerprint density at radius 2 is 2.31 bits per heavy atom. The van der Waals surface area contributed by atoms with Crippen LogP contribution in [0.3, 0.4) is 0 Å². The molecule has 5 heteroatoms. The molecule has 0 fully saturated rings. The van der Waals surface area contributed by atoms with Gasteiger partial charge in [-0.05, 0) is 26.0 Å². The molecule has 0 aromatic carbocycles. The maximum atomic E-state index is 5.91. The summed E-state index contributed by atoms with van der Waals surface area (Å²) >= 11 is 9.21. The molecule has 2 rings (SSSR count). The van der Waals surface area contributed by atoms with E-state index in [4.69, 9.17) is 11.6 Å². The lowest BCUT2D eigenvalue weighted by Gasteiger charge is -2.10. The Morgan fingerprint density at radius 3 is 2.88 bits per heavy atom. The minimum atomic E-state index is 0.319. The van der Waals surface area contributed by atoms with Crippen molar-refractivity contribution >= 4 is 34.3 Å². The highest BCUT2D eigenvalue weighted by Gasteiger charge is 2.08. The van der Waals surface area contributed by atoms with Crippen LogP contribution in [0.1, 0.15) is 28.5 Å². The first-order chi connectivity index (χ1) is 7.65. The minimum absolute atomic E-state index is 0.319. The molecule has 0 aliphatic carbocycles. The van der Waals surface area contributed by atoms with Gasteiger partial charge in [-0.3, -0.25) is 0 Å². The molecule has 0 bridgehead atoms. The van der Waals surface area contributed by atoms with Crippen LogP contribution in [0.15, 0.2) is 17.5 Å². The van der Waals surface area contributed by atoms with Crippen molar-refractivity contribution in [1.29, 1.82) is 0 Å². The van der Waals surface area contributed by atoms with E-state index in [2.05, 4.69) is 28.7 Å². The molecule has 1 N–H and O–H groups in total. The molecule has 2 aromatic rings. The molecule has 0 saturated carbocycles. The van der Waals surface area contributed by atoms with E-state index in [9.17, 15) is 0 Å². The normalized spacial score (nSPS) is 12.9. The molecular formula is C11H13ClN2S2. The third-order valence-electron chi connectivity index (χ3n) is 2.28. The summed E-state index contributed by atoms with van der Waals surface area (Å²) in [6.45, 7) is 4.97. The second kappa shape index (κ2) is 5.27. The SMILES string of the molecule is Cc1nc(CNC(C)c2ccc(Cl)s2)cs1. The molecule has 0 amide bonds. The van der Waals surface area contributed by atoms with Gasteiger partial charge in [-0.2, -0.15) is 0 Å². The van der Waals surface area contributed by atoms with Crippen molar-refractivity contribution in [2.45, 2.75) is 26.4 Å². The van der Waals surface area contributed by atoms with Gasteiger partial charge in [0.05, 0.1) is 15.0 Å². The number of thiazole rings is 1. The molecule has 1 unspecified atom stereocenters. The van der Waals surface area contributed by atoms with Crippen LogP contribution in [0.4, 0.5) is 0 Å². The highest BCUT2D eigenvalue weighted by atomic mass is 35.5. The lowest BCUT2D eigenvalue weighted by Crippen LogP contribution is -2.17. The first-order valence-corrected chi connectivity index (χ1v) is 7.12. The number of aryl methyl sites for hydroxylation is 1. The van der Waals surface area contributed by atoms with Crippen molar-refractivity contribution in [1.82, 2.24) is 10.3 Å². The molecule has 0 saturated heterocycles. The van der Waals surface area contributed by atoms with Crippen LogP contribution < -0.4 is 5.32 Å². The van der Waals surface area contributed by atoms with Gasteiger partial charge in [-0.15, -0.1) is 22.7 Å². The Labute approximate surface area is 108 Å². The maximum absolute atomic E-state index is 5.91. The second-order valence-corrected chi connectivity index (χ2v) is 6.41. The van der Waals surface area contributed by atoms with Gasteiger partial charge >= 0.3 is 0 Å². The molecule has 0 radical (unpaired) electrons. The topological polar surface area (TPSA) is 24.9 Å². The summed E-state index contributed by atoms with van der Waals surface area (Å²) in [6.07, 6.45) is 0. The number of nitrogens with zero attached hydrogens (tertiary/aromatic N) is 1. The van der Waals surface area contributed by atoms with Crippen LogP contribution in [0.5, 0.6) is 0 Å². The minimum Gasteiger partial charge on any atom is -0.304 e. The highest BCUT2D eigenvalue weighted by Crippen LogP contribution is 2.26. The quantitative estimate of drug-likeness (QED) is 0.909. The molecule has 2 heterocycles. The van der Waals surface area contributed by atoms with Crippen molar-refractivity contribution in [2.75, 3.05) is 0 Å². The van der Waals surface area contributed by atoms with E-state index in [1.54, 1.807) is 22.7 Å². The second-order valence-electron chi connectivity index (χ2n) is 3.60. The van der Waals surface area contributed by atoms with Gasteiger partial charge in [0, 0.05) is 22.8 Å². The summed E-state index contributed by atoms with van der Waals surface area (Å²) in [5.74, 6) is 0. The molecule has 1 atom stereocenters. The molecule has 86 valence electrons. The monoisotopic (exact) mass is 272 g/mol. The third kappa shape index (κ3) is 3.04. The largest absolute Gasteiger partial charge is 0.304 e. The Bertz CT molecular complexity index is 464. The van der Waals surface area contributed by atoms with E-state index in [0.717, 1.165) is 21.6 Å². The zero-order chi connectivity index (χ0) is 11.5. The molecule has 0 spiro atoms. The summed E-state index contributed by atoms with van der Waals surface area (Å²) in [4.78, 5) is 5.68. The van der Waals surface area contributed by atoms with Gasteiger partial charge in [-0.1, -0.05) is 11.6 Å². The number of hydrogen-bond acceptors (Lipinski definition) is 4. The third-order valence-corrected chi connectivity index (χ3v) is 4.51. The lowest BCUT2D eigenvalue weighted by molar-refractivity contribution is 0.576. The summed E-state index contributed by atoms with van der Waals surface area (Å²) in [6, 6.07) is 4.32. The van der Waals surface area contributed by atoms with Gasteiger partial charge in [-0.25, -0.2) is 4.98 Å². The van der Waals surface area contributed by atoms with E-state index in [1.807, 2.05) is 13.0 Å². The van der Waals surface area contributed by atoms with Crippen molar-refractivity contribution in [3.05, 3.63) is 37.4 Å². The van der Waals surface area contributed by atoms with E-state index in [0.29, 0.717) is 6.04 Å². The van der Waals surface area contributed by atoms with Crippen LogP contribution in [-0.2, 0) is 6.54 Å². The van der Waals surface area contributed by atoms with E-state index in [1.165, 1.54) is 4.88 Å². The number of halogens is 1. The summed E-state index contributed by atoms with van der Waals surface area (Å²) in [7, 11) is 0. The fraction of sp³-hybridized carbons (Fsp3) is 0.364. The molecule has 2 nitrogen and oxygen atoms in total. The van der Waals surface area contributed by atoms with Crippen LogP contribution in [0, 0.1) is 6.92 Å². The molecular weight excluding hydrogens is 260 g/mol. The predicted molar refractivity (Wildman–Crippen MR) is 71.4 cm³/mol. The van der Waals surface area contributed by atoms with E-state index < -0.39 is 0 Å². The van der Waals surface area contributed by atoms with Crippen LogP contribution in [0.2, 0.25) is 4.34 Å². The average Bonchev–Trinajstić information content (AvgIpc) is 2.84. The first kappa shape index (κ1) is 12.0. The lowest BCUT2D eigenvalue weighted by atomic mass is 10.2. The highest BCUT2D eigenvalue weighted by molar-refractivity contribution is 7.16. The molecule has 0 aliphatic heterocycles. The fourth-order valence-corrected chi connectivity index (χ4v) is 3.11. The van der Waals surface area contributed by atoms with E-state index in [-0.39, 0.29) is 0 Å². The van der Waals surface area contributed by atoms with Crippen molar-refractivity contribution in [3.8, 4) is 0 Å². The zero-order valence-electron chi connectivity index (χ0n) is 9.16. The first-order valence-electron chi connectivity index (χ1n) is 5.05. The average molecular weight is 273 g/mol. The van der Waals surface area contributed by atoms with E-state index >= 15 is 0 Å². The zero-order valence-corrected chi connectivity index (χ0v) is 11.5. The smallest absolute Gasteiger partial charge is 0.0931 e. The number of aromatic nitrogens is 1. The Morgan fingerprint density at radius 1 is 1.50 bits per heavy atom. The maximum Gasteiger partial charge on any atom is 0.0931 e. The van der Waals surface area contributed by atoms with Gasteiger partial charge in [0.15, 0.2) is 0 Å². The van der Waals surface area contributed by atoms with Gasteiger partial charge in [0.25, 0.3) is 0 Å². The number of thiophene rings is 1. The summed E-state index contributed by atoms with van der Waals surface area (Å²) in [5.41, 5.74) is 1.11. The fourth-order valence-electron chi connectivity index (χ4n) is 1.41. The summed E-state index contributed by atoms with van der Waals surface area (Å²) < 4.78 is 0.841. The standard InChI is InChI=1S/C11H13ClN2S2/c1-7(10-3-4-11(12)16-10)13-5-9-6-15-8(2)14-9/h3-4,6-7,13H,5H2,1-2H3. The van der Waals surface area contributed by atoms with Gasteiger partial charge < -0.3 is 5.32 Å².